The zero-order valence-electron chi connectivity index (χ0n) is 12.4. The monoisotopic (exact) mass is 375 g/mol. The summed E-state index contributed by atoms with van der Waals surface area (Å²) in [5.74, 6) is 0.844. The van der Waals surface area contributed by atoms with E-state index >= 15 is 0 Å². The molecule has 7 heteroatoms. The number of hydrogen-bond acceptors (Lipinski definition) is 2. The first-order valence-electron chi connectivity index (χ1n) is 7.29. The Hall–Kier alpha value is -1.37. The number of guanidine groups is 1. The molecule has 0 unspecified atom stereocenters. The Bertz CT molecular complexity index is 520. The Morgan fingerprint density at radius 3 is 2.77 bits per heavy atom. The summed E-state index contributed by atoms with van der Waals surface area (Å²) in [5, 5.41) is 6.50. The van der Waals surface area contributed by atoms with Crippen molar-refractivity contribution in [3.8, 4) is 5.75 Å². The molecule has 0 radical (unpaired) electrons. The maximum absolute atomic E-state index is 12.4. The average Bonchev–Trinajstić information content (AvgIpc) is 2.98. The molecule has 22 heavy (non-hydrogen) atoms. The predicted octanol–water partition coefficient (Wildman–Crippen LogP) is 3.66. The molecule has 0 heterocycles. The SMILES string of the molecule is CN=C(NCc1cc(Br)ccc1OC(F)F)NC1CCCC1. The number of nitrogens with one attached hydrogen (secondary N) is 2. The second-order valence-electron chi connectivity index (χ2n) is 5.18. The van der Waals surface area contributed by atoms with Gasteiger partial charge in [0.05, 0.1) is 0 Å². The third-order valence-electron chi connectivity index (χ3n) is 3.60. The van der Waals surface area contributed by atoms with Gasteiger partial charge in [0.25, 0.3) is 0 Å². The lowest BCUT2D eigenvalue weighted by molar-refractivity contribution is -0.0504. The highest BCUT2D eigenvalue weighted by atomic mass is 79.9. The van der Waals surface area contributed by atoms with Crippen molar-refractivity contribution in [3.63, 3.8) is 0 Å². The minimum Gasteiger partial charge on any atom is -0.434 e. The summed E-state index contributed by atoms with van der Waals surface area (Å²) in [7, 11) is 1.70. The summed E-state index contributed by atoms with van der Waals surface area (Å²) in [6, 6.07) is 5.39. The van der Waals surface area contributed by atoms with Gasteiger partial charge in [-0.2, -0.15) is 8.78 Å². The van der Waals surface area contributed by atoms with Gasteiger partial charge in [0.15, 0.2) is 5.96 Å². The highest BCUT2D eigenvalue weighted by Crippen LogP contribution is 2.24. The van der Waals surface area contributed by atoms with Crippen molar-refractivity contribution >= 4 is 21.9 Å². The summed E-state index contributed by atoms with van der Waals surface area (Å²) >= 11 is 3.34. The van der Waals surface area contributed by atoms with Crippen molar-refractivity contribution in [2.24, 2.45) is 4.99 Å². The van der Waals surface area contributed by atoms with Gasteiger partial charge in [0, 0.05) is 29.7 Å². The molecule has 1 aliphatic carbocycles. The topological polar surface area (TPSA) is 45.7 Å². The summed E-state index contributed by atoms with van der Waals surface area (Å²) < 4.78 is 30.2. The van der Waals surface area contributed by atoms with Crippen LogP contribution in [0.5, 0.6) is 5.75 Å². The minimum absolute atomic E-state index is 0.169. The fraction of sp³-hybridized carbons (Fsp3) is 0.533. The van der Waals surface area contributed by atoms with Crippen LogP contribution < -0.4 is 15.4 Å². The molecule has 0 bridgehead atoms. The van der Waals surface area contributed by atoms with Gasteiger partial charge in [0.2, 0.25) is 0 Å². The van der Waals surface area contributed by atoms with Crippen molar-refractivity contribution in [2.45, 2.75) is 44.9 Å². The van der Waals surface area contributed by atoms with Crippen LogP contribution in [0.25, 0.3) is 0 Å². The number of alkyl halides is 2. The van der Waals surface area contributed by atoms with Crippen LogP contribution in [0.4, 0.5) is 8.78 Å². The smallest absolute Gasteiger partial charge is 0.387 e. The van der Waals surface area contributed by atoms with Crippen LogP contribution in [0.2, 0.25) is 0 Å². The second kappa shape index (κ2) is 8.31. The molecule has 0 aromatic heterocycles. The molecule has 2 N–H and O–H groups in total. The first-order valence-corrected chi connectivity index (χ1v) is 8.08. The van der Waals surface area contributed by atoms with Crippen LogP contribution in [0.15, 0.2) is 27.7 Å². The molecule has 0 aliphatic heterocycles. The van der Waals surface area contributed by atoms with E-state index in [0.717, 1.165) is 17.3 Å². The number of benzene rings is 1. The normalized spacial score (nSPS) is 16.1. The molecule has 122 valence electrons. The number of nitrogens with zero attached hydrogens (tertiary/aromatic N) is 1. The summed E-state index contributed by atoms with van der Waals surface area (Å²) in [6.45, 7) is -2.48. The summed E-state index contributed by atoms with van der Waals surface area (Å²) in [4.78, 5) is 4.17. The van der Waals surface area contributed by atoms with E-state index in [0.29, 0.717) is 24.1 Å². The van der Waals surface area contributed by atoms with E-state index in [2.05, 4.69) is 36.3 Å². The number of aliphatic imine (C=N–C) groups is 1. The second-order valence-corrected chi connectivity index (χ2v) is 6.10. The Kier molecular flexibility index (Phi) is 6.42. The highest BCUT2D eigenvalue weighted by Gasteiger charge is 2.16. The predicted molar refractivity (Wildman–Crippen MR) is 86.4 cm³/mol. The van der Waals surface area contributed by atoms with E-state index in [1.807, 2.05) is 0 Å². The molecule has 1 aromatic carbocycles. The van der Waals surface area contributed by atoms with Crippen LogP contribution in [0.1, 0.15) is 31.2 Å². The third-order valence-corrected chi connectivity index (χ3v) is 4.10. The van der Waals surface area contributed by atoms with Gasteiger partial charge in [0.1, 0.15) is 5.75 Å². The Balaban J connectivity index is 1.98. The molecular weight excluding hydrogens is 356 g/mol. The van der Waals surface area contributed by atoms with Crippen LogP contribution in [0.3, 0.4) is 0 Å². The Morgan fingerprint density at radius 1 is 1.41 bits per heavy atom. The van der Waals surface area contributed by atoms with E-state index in [1.165, 1.54) is 18.9 Å². The van der Waals surface area contributed by atoms with Crippen LogP contribution >= 0.6 is 15.9 Å². The van der Waals surface area contributed by atoms with Crippen molar-refractivity contribution in [2.75, 3.05) is 7.05 Å². The fourth-order valence-corrected chi connectivity index (χ4v) is 2.94. The molecule has 0 atom stereocenters. The van der Waals surface area contributed by atoms with Gasteiger partial charge in [-0.1, -0.05) is 28.8 Å². The lowest BCUT2D eigenvalue weighted by Gasteiger charge is -2.18. The quantitative estimate of drug-likeness (QED) is 0.609. The third kappa shape index (κ3) is 5.12. The lowest BCUT2D eigenvalue weighted by Crippen LogP contribution is -2.42. The van der Waals surface area contributed by atoms with E-state index in [1.54, 1.807) is 19.2 Å². The average molecular weight is 376 g/mol. The Labute approximate surface area is 137 Å². The highest BCUT2D eigenvalue weighted by molar-refractivity contribution is 9.10. The van der Waals surface area contributed by atoms with Crippen molar-refractivity contribution in [3.05, 3.63) is 28.2 Å². The summed E-state index contributed by atoms with van der Waals surface area (Å²) in [6.07, 6.45) is 4.73. The Morgan fingerprint density at radius 2 is 2.14 bits per heavy atom. The van der Waals surface area contributed by atoms with Crippen LogP contribution in [-0.4, -0.2) is 25.7 Å². The molecule has 1 aromatic rings. The summed E-state index contributed by atoms with van der Waals surface area (Å²) in [5.41, 5.74) is 0.643. The van der Waals surface area contributed by atoms with Crippen molar-refractivity contribution < 1.29 is 13.5 Å². The zero-order chi connectivity index (χ0) is 15.9. The maximum atomic E-state index is 12.4. The van der Waals surface area contributed by atoms with Crippen LogP contribution in [-0.2, 0) is 6.54 Å². The lowest BCUT2D eigenvalue weighted by atomic mass is 10.2. The van der Waals surface area contributed by atoms with Gasteiger partial charge in [-0.3, -0.25) is 4.99 Å². The van der Waals surface area contributed by atoms with Gasteiger partial charge in [-0.15, -0.1) is 0 Å². The molecule has 0 amide bonds. The zero-order valence-corrected chi connectivity index (χ0v) is 14.0. The van der Waals surface area contributed by atoms with Gasteiger partial charge in [-0.25, -0.2) is 0 Å². The molecular formula is C15H20BrF2N3O. The molecule has 1 saturated carbocycles. The molecule has 0 spiro atoms. The largest absolute Gasteiger partial charge is 0.434 e. The van der Waals surface area contributed by atoms with E-state index in [4.69, 9.17) is 0 Å². The number of halogens is 3. The number of rotatable bonds is 5. The van der Waals surface area contributed by atoms with Gasteiger partial charge >= 0.3 is 6.61 Å². The fourth-order valence-electron chi connectivity index (χ4n) is 2.53. The standard InChI is InChI=1S/C15H20BrF2N3O/c1-19-15(21-12-4-2-3-5-12)20-9-10-8-11(16)6-7-13(10)22-14(17)18/h6-8,12,14H,2-5,9H2,1H3,(H2,19,20,21). The van der Waals surface area contributed by atoms with Crippen molar-refractivity contribution in [1.82, 2.24) is 10.6 Å². The van der Waals surface area contributed by atoms with Gasteiger partial charge < -0.3 is 15.4 Å². The van der Waals surface area contributed by atoms with E-state index in [9.17, 15) is 8.78 Å². The van der Waals surface area contributed by atoms with E-state index < -0.39 is 6.61 Å². The van der Waals surface area contributed by atoms with Gasteiger partial charge in [-0.05, 0) is 31.0 Å². The van der Waals surface area contributed by atoms with Crippen LogP contribution in [0, 0.1) is 0 Å². The van der Waals surface area contributed by atoms with E-state index in [-0.39, 0.29) is 5.75 Å². The number of ether oxygens (including phenoxy) is 1. The molecule has 0 saturated heterocycles. The molecule has 1 aliphatic rings. The maximum Gasteiger partial charge on any atom is 0.387 e. The van der Waals surface area contributed by atoms with Crippen molar-refractivity contribution in [1.29, 1.82) is 0 Å². The molecule has 1 fully saturated rings. The first-order chi connectivity index (χ1) is 10.6. The minimum atomic E-state index is -2.84. The molecule has 2 rings (SSSR count). The number of hydrogen-bond donors (Lipinski definition) is 2. The molecule has 4 nitrogen and oxygen atoms in total. The first kappa shape index (κ1) is 17.0.